The number of nitrogens with zero attached hydrogens (tertiary/aromatic N) is 1. The van der Waals surface area contributed by atoms with Crippen molar-refractivity contribution in [2.75, 3.05) is 0 Å². The lowest BCUT2D eigenvalue weighted by atomic mass is 10.2. The molecule has 0 aliphatic heterocycles. The van der Waals surface area contributed by atoms with E-state index in [2.05, 4.69) is 11.2 Å². The van der Waals surface area contributed by atoms with Gasteiger partial charge in [-0.15, -0.1) is 6.42 Å². The van der Waals surface area contributed by atoms with Crippen LogP contribution in [0, 0.1) is 22.5 Å². The molecule has 0 spiro atoms. The monoisotopic (exact) mass is 238 g/mol. The summed E-state index contributed by atoms with van der Waals surface area (Å²) < 4.78 is 0. The Morgan fingerprint density at radius 2 is 2.44 bits per heavy atom. The summed E-state index contributed by atoms with van der Waals surface area (Å²) in [5, 5.41) is 13.0. The zero-order valence-corrected chi connectivity index (χ0v) is 9.41. The van der Waals surface area contributed by atoms with Crippen LogP contribution in [0.5, 0.6) is 0 Å². The molecule has 1 rings (SSSR count). The number of nitro groups is 1. The third-order valence-electron chi connectivity index (χ3n) is 1.91. The predicted molar refractivity (Wildman–Crippen MR) is 61.4 cm³/mol. The van der Waals surface area contributed by atoms with Gasteiger partial charge in [0.25, 0.3) is 5.91 Å². The molecule has 0 fully saturated rings. The highest BCUT2D eigenvalue weighted by atomic mass is 32.1. The van der Waals surface area contributed by atoms with Crippen LogP contribution in [0.4, 0.5) is 5.00 Å². The van der Waals surface area contributed by atoms with E-state index in [-0.39, 0.29) is 17.0 Å². The first-order valence-corrected chi connectivity index (χ1v) is 5.41. The molecule has 0 aliphatic carbocycles. The van der Waals surface area contributed by atoms with Gasteiger partial charge in [0.15, 0.2) is 0 Å². The molecule has 16 heavy (non-hydrogen) atoms. The summed E-state index contributed by atoms with van der Waals surface area (Å²) in [7, 11) is 0. The first-order chi connectivity index (χ1) is 7.58. The van der Waals surface area contributed by atoms with Crippen LogP contribution in [0.1, 0.15) is 23.0 Å². The SMILES string of the molecule is C#CC(CC)NC(=O)c1ccc([N+](=O)[O-])s1. The van der Waals surface area contributed by atoms with Gasteiger partial charge < -0.3 is 5.32 Å². The number of nitrogens with one attached hydrogen (secondary N) is 1. The van der Waals surface area contributed by atoms with Crippen LogP contribution >= 0.6 is 11.3 Å². The van der Waals surface area contributed by atoms with Crippen molar-refractivity contribution in [3.63, 3.8) is 0 Å². The predicted octanol–water partition coefficient (Wildman–Crippen LogP) is 1.80. The van der Waals surface area contributed by atoms with Crippen molar-refractivity contribution in [1.29, 1.82) is 0 Å². The topological polar surface area (TPSA) is 72.2 Å². The van der Waals surface area contributed by atoms with E-state index in [0.717, 1.165) is 11.3 Å². The van der Waals surface area contributed by atoms with Crippen LogP contribution < -0.4 is 5.32 Å². The fraction of sp³-hybridized carbons (Fsp3) is 0.300. The largest absolute Gasteiger partial charge is 0.338 e. The number of hydrogen-bond donors (Lipinski definition) is 1. The molecular weight excluding hydrogens is 228 g/mol. The minimum Gasteiger partial charge on any atom is -0.338 e. The average Bonchev–Trinajstić information content (AvgIpc) is 2.74. The summed E-state index contributed by atoms with van der Waals surface area (Å²) in [5.74, 6) is 2.05. The highest BCUT2D eigenvalue weighted by molar-refractivity contribution is 7.17. The molecule has 0 saturated carbocycles. The first kappa shape index (κ1) is 12.2. The van der Waals surface area contributed by atoms with E-state index >= 15 is 0 Å². The van der Waals surface area contributed by atoms with Crippen LogP contribution in [0.2, 0.25) is 0 Å². The van der Waals surface area contributed by atoms with Crippen molar-refractivity contribution < 1.29 is 9.72 Å². The van der Waals surface area contributed by atoms with Crippen LogP contribution in [0.3, 0.4) is 0 Å². The fourth-order valence-corrected chi connectivity index (χ4v) is 1.76. The van der Waals surface area contributed by atoms with Gasteiger partial charge in [-0.25, -0.2) is 0 Å². The third-order valence-corrected chi connectivity index (χ3v) is 2.95. The molecule has 0 aromatic carbocycles. The summed E-state index contributed by atoms with van der Waals surface area (Å²) in [6.45, 7) is 1.85. The normalized spacial score (nSPS) is 11.5. The maximum Gasteiger partial charge on any atom is 0.324 e. The van der Waals surface area contributed by atoms with Crippen molar-refractivity contribution >= 4 is 22.2 Å². The number of carbonyl (C=O) groups is 1. The van der Waals surface area contributed by atoms with Gasteiger partial charge >= 0.3 is 5.00 Å². The third kappa shape index (κ3) is 2.81. The molecule has 0 aliphatic rings. The van der Waals surface area contributed by atoms with E-state index in [1.807, 2.05) is 6.92 Å². The molecule has 5 nitrogen and oxygen atoms in total. The molecule has 1 amide bonds. The number of terminal acetylenes is 1. The van der Waals surface area contributed by atoms with E-state index in [1.165, 1.54) is 12.1 Å². The van der Waals surface area contributed by atoms with Crippen molar-refractivity contribution in [3.8, 4) is 12.3 Å². The van der Waals surface area contributed by atoms with Gasteiger partial charge in [0, 0.05) is 6.07 Å². The summed E-state index contributed by atoms with van der Waals surface area (Å²) in [6.07, 6.45) is 5.81. The number of amides is 1. The Labute approximate surface area is 96.6 Å². The molecular formula is C10H10N2O3S. The molecule has 0 bridgehead atoms. The average molecular weight is 238 g/mol. The van der Waals surface area contributed by atoms with E-state index < -0.39 is 4.92 Å². The van der Waals surface area contributed by atoms with Gasteiger partial charge in [-0.1, -0.05) is 24.2 Å². The molecule has 84 valence electrons. The Balaban J connectivity index is 2.74. The summed E-state index contributed by atoms with van der Waals surface area (Å²) >= 11 is 0.832. The Kier molecular flexibility index (Phi) is 4.03. The summed E-state index contributed by atoms with van der Waals surface area (Å²) in [5.41, 5.74) is 0. The summed E-state index contributed by atoms with van der Waals surface area (Å²) in [6, 6.07) is 2.38. The Morgan fingerprint density at radius 1 is 1.75 bits per heavy atom. The van der Waals surface area contributed by atoms with Crippen molar-refractivity contribution in [2.24, 2.45) is 0 Å². The number of rotatable bonds is 4. The highest BCUT2D eigenvalue weighted by Gasteiger charge is 2.16. The van der Waals surface area contributed by atoms with E-state index in [4.69, 9.17) is 6.42 Å². The Bertz CT molecular complexity index is 447. The molecule has 1 aromatic rings. The highest BCUT2D eigenvalue weighted by Crippen LogP contribution is 2.23. The maximum atomic E-state index is 11.6. The minimum atomic E-state index is -0.528. The Morgan fingerprint density at radius 3 is 2.88 bits per heavy atom. The van der Waals surface area contributed by atoms with Gasteiger partial charge in [0.2, 0.25) is 0 Å². The lowest BCUT2D eigenvalue weighted by Gasteiger charge is -2.08. The number of hydrogen-bond acceptors (Lipinski definition) is 4. The number of thiophene rings is 1. The Hall–Kier alpha value is -1.87. The lowest BCUT2D eigenvalue weighted by molar-refractivity contribution is -0.380. The molecule has 1 N–H and O–H groups in total. The quantitative estimate of drug-likeness (QED) is 0.494. The van der Waals surface area contributed by atoms with Gasteiger partial charge in [-0.05, 0) is 12.5 Å². The van der Waals surface area contributed by atoms with Gasteiger partial charge in [0.05, 0.1) is 15.8 Å². The van der Waals surface area contributed by atoms with E-state index in [0.29, 0.717) is 11.3 Å². The van der Waals surface area contributed by atoms with E-state index in [1.54, 1.807) is 0 Å². The van der Waals surface area contributed by atoms with Crippen molar-refractivity contribution in [1.82, 2.24) is 5.32 Å². The number of carbonyl (C=O) groups excluding carboxylic acids is 1. The van der Waals surface area contributed by atoms with Gasteiger partial charge in [0.1, 0.15) is 0 Å². The fourth-order valence-electron chi connectivity index (χ4n) is 1.04. The standard InChI is InChI=1S/C10H10N2O3S/c1-3-7(4-2)11-10(13)8-5-6-9(16-8)12(14)15/h1,5-7H,4H2,2H3,(H,11,13). The molecule has 1 aromatic heterocycles. The van der Waals surface area contributed by atoms with Crippen LogP contribution in [-0.4, -0.2) is 16.9 Å². The second-order valence-electron chi connectivity index (χ2n) is 3.00. The molecule has 1 atom stereocenters. The molecule has 0 saturated heterocycles. The van der Waals surface area contributed by atoms with Crippen LogP contribution in [0.25, 0.3) is 0 Å². The maximum absolute atomic E-state index is 11.6. The lowest BCUT2D eigenvalue weighted by Crippen LogP contribution is -2.32. The second kappa shape index (κ2) is 5.28. The molecule has 6 heteroatoms. The summed E-state index contributed by atoms with van der Waals surface area (Å²) in [4.78, 5) is 21.8. The molecule has 1 heterocycles. The van der Waals surface area contributed by atoms with Gasteiger partial charge in [-0.2, -0.15) is 0 Å². The van der Waals surface area contributed by atoms with Crippen LogP contribution in [0.15, 0.2) is 12.1 Å². The van der Waals surface area contributed by atoms with Crippen LogP contribution in [-0.2, 0) is 0 Å². The first-order valence-electron chi connectivity index (χ1n) is 4.59. The molecule has 1 unspecified atom stereocenters. The smallest absolute Gasteiger partial charge is 0.324 e. The second-order valence-corrected chi connectivity index (χ2v) is 4.06. The van der Waals surface area contributed by atoms with Gasteiger partial charge in [-0.3, -0.25) is 14.9 Å². The minimum absolute atomic E-state index is 0.0566. The zero-order chi connectivity index (χ0) is 12.1. The van der Waals surface area contributed by atoms with Crippen molar-refractivity contribution in [2.45, 2.75) is 19.4 Å². The van der Waals surface area contributed by atoms with Crippen molar-refractivity contribution in [3.05, 3.63) is 27.1 Å². The molecule has 0 radical (unpaired) electrons. The van der Waals surface area contributed by atoms with E-state index in [9.17, 15) is 14.9 Å². The zero-order valence-electron chi connectivity index (χ0n) is 8.60.